The van der Waals surface area contributed by atoms with Gasteiger partial charge in [0.2, 0.25) is 0 Å². The van der Waals surface area contributed by atoms with E-state index in [0.717, 1.165) is 0 Å². The topological polar surface area (TPSA) is 122 Å². The van der Waals surface area contributed by atoms with Crippen molar-refractivity contribution in [2.45, 2.75) is 25.0 Å². The zero-order valence-electron chi connectivity index (χ0n) is 15.8. The molecule has 0 radical (unpaired) electrons. The molecule has 1 fully saturated rings. The SMILES string of the molecule is COC1CC(CC(=O)O)N(C(=O)c2ccc(Nc3ccccc3)c([N+](=O)[O-])c2)C1. The van der Waals surface area contributed by atoms with Crippen molar-refractivity contribution in [2.24, 2.45) is 0 Å². The summed E-state index contributed by atoms with van der Waals surface area (Å²) in [4.78, 5) is 36.5. The molecular weight excluding hydrogens is 378 g/mol. The minimum atomic E-state index is -1.02. The summed E-state index contributed by atoms with van der Waals surface area (Å²) in [6.07, 6.45) is -0.0664. The maximum Gasteiger partial charge on any atom is 0.305 e. The van der Waals surface area contributed by atoms with E-state index in [9.17, 15) is 19.7 Å². The molecule has 2 atom stereocenters. The number of carbonyl (C=O) groups excluding carboxylic acids is 1. The van der Waals surface area contributed by atoms with Gasteiger partial charge in [-0.3, -0.25) is 19.7 Å². The summed E-state index contributed by atoms with van der Waals surface area (Å²) in [5.41, 5.74) is 0.828. The zero-order chi connectivity index (χ0) is 21.0. The third kappa shape index (κ3) is 4.69. The Morgan fingerprint density at radius 2 is 2.00 bits per heavy atom. The van der Waals surface area contributed by atoms with Gasteiger partial charge in [0, 0.05) is 37.0 Å². The summed E-state index contributed by atoms with van der Waals surface area (Å²) >= 11 is 0. The number of benzene rings is 2. The van der Waals surface area contributed by atoms with Crippen LogP contribution in [0.4, 0.5) is 17.1 Å². The third-order valence-corrected chi connectivity index (χ3v) is 4.87. The fourth-order valence-electron chi connectivity index (χ4n) is 3.45. The number of nitro benzene ring substituents is 1. The quantitative estimate of drug-likeness (QED) is 0.542. The van der Waals surface area contributed by atoms with E-state index >= 15 is 0 Å². The number of carbonyl (C=O) groups is 2. The molecule has 0 aliphatic carbocycles. The van der Waals surface area contributed by atoms with E-state index in [0.29, 0.717) is 12.1 Å². The number of amides is 1. The second kappa shape index (κ2) is 8.70. The van der Waals surface area contributed by atoms with Gasteiger partial charge in [0.15, 0.2) is 0 Å². The van der Waals surface area contributed by atoms with Crippen molar-refractivity contribution < 1.29 is 24.4 Å². The van der Waals surface area contributed by atoms with Gasteiger partial charge in [-0.25, -0.2) is 0 Å². The van der Waals surface area contributed by atoms with Crippen LogP contribution in [-0.4, -0.2) is 52.6 Å². The van der Waals surface area contributed by atoms with E-state index in [1.165, 1.54) is 30.2 Å². The van der Waals surface area contributed by atoms with Gasteiger partial charge in [0.05, 0.1) is 17.4 Å². The summed E-state index contributed by atoms with van der Waals surface area (Å²) < 4.78 is 5.28. The number of nitro groups is 1. The van der Waals surface area contributed by atoms with Crippen molar-refractivity contribution in [3.8, 4) is 0 Å². The number of hydrogen-bond donors (Lipinski definition) is 2. The molecule has 9 heteroatoms. The molecule has 2 unspecified atom stereocenters. The van der Waals surface area contributed by atoms with Crippen LogP contribution in [0.25, 0.3) is 0 Å². The Hall–Kier alpha value is -3.46. The minimum absolute atomic E-state index is 0.127. The lowest BCUT2D eigenvalue weighted by Gasteiger charge is -2.23. The fraction of sp³-hybridized carbons (Fsp3) is 0.300. The molecule has 0 saturated carbocycles. The van der Waals surface area contributed by atoms with Gasteiger partial charge in [-0.15, -0.1) is 0 Å². The monoisotopic (exact) mass is 399 g/mol. The molecule has 2 aromatic rings. The third-order valence-electron chi connectivity index (χ3n) is 4.87. The molecular formula is C20H21N3O6. The number of likely N-dealkylation sites (tertiary alicyclic amines) is 1. The van der Waals surface area contributed by atoms with Crippen LogP contribution in [0.2, 0.25) is 0 Å². The first-order chi connectivity index (χ1) is 13.9. The fourth-order valence-corrected chi connectivity index (χ4v) is 3.45. The molecule has 2 aromatic carbocycles. The Kier molecular flexibility index (Phi) is 6.08. The van der Waals surface area contributed by atoms with Gasteiger partial charge in [-0.2, -0.15) is 0 Å². The molecule has 0 spiro atoms. The summed E-state index contributed by atoms with van der Waals surface area (Å²) in [5, 5.41) is 23.7. The number of aliphatic carboxylic acids is 1. The van der Waals surface area contributed by atoms with Crippen molar-refractivity contribution >= 4 is 28.9 Å². The molecule has 1 amide bonds. The number of para-hydroxylation sites is 1. The lowest BCUT2D eigenvalue weighted by molar-refractivity contribution is -0.383. The normalized spacial score (nSPS) is 18.4. The van der Waals surface area contributed by atoms with Crippen molar-refractivity contribution in [2.75, 3.05) is 19.0 Å². The maximum atomic E-state index is 13.0. The molecule has 0 aromatic heterocycles. The Balaban J connectivity index is 1.87. The van der Waals surface area contributed by atoms with Crippen LogP contribution < -0.4 is 5.32 Å². The van der Waals surface area contributed by atoms with Crippen LogP contribution in [0.3, 0.4) is 0 Å². The Labute approximate surface area is 167 Å². The number of hydrogen-bond acceptors (Lipinski definition) is 6. The van der Waals surface area contributed by atoms with Crippen LogP contribution in [-0.2, 0) is 9.53 Å². The average Bonchev–Trinajstić information content (AvgIpc) is 3.10. The van der Waals surface area contributed by atoms with Crippen LogP contribution in [0.5, 0.6) is 0 Å². The number of anilines is 2. The van der Waals surface area contributed by atoms with E-state index < -0.39 is 22.8 Å². The summed E-state index contributed by atoms with van der Waals surface area (Å²) in [7, 11) is 1.51. The number of rotatable bonds is 7. The number of methoxy groups -OCH3 is 1. The summed E-state index contributed by atoms with van der Waals surface area (Å²) in [6, 6.07) is 12.6. The Morgan fingerprint density at radius 1 is 1.28 bits per heavy atom. The van der Waals surface area contributed by atoms with Gasteiger partial charge in [0.25, 0.3) is 11.6 Å². The summed E-state index contributed by atoms with van der Waals surface area (Å²) in [6.45, 7) is 0.241. The zero-order valence-corrected chi connectivity index (χ0v) is 15.8. The first-order valence-corrected chi connectivity index (χ1v) is 9.05. The molecule has 1 saturated heterocycles. The van der Waals surface area contributed by atoms with Crippen LogP contribution in [0.15, 0.2) is 48.5 Å². The van der Waals surface area contributed by atoms with E-state index in [4.69, 9.17) is 9.84 Å². The van der Waals surface area contributed by atoms with Crippen LogP contribution in [0, 0.1) is 10.1 Å². The van der Waals surface area contributed by atoms with Gasteiger partial charge in [-0.05, 0) is 30.7 Å². The number of carboxylic acids is 1. The standard InChI is InChI=1S/C20H21N3O6/c1-29-16-10-15(11-19(24)25)22(12-16)20(26)13-7-8-17(18(9-13)23(27)28)21-14-5-3-2-4-6-14/h2-9,15-16,21H,10-12H2,1H3,(H,24,25). The van der Waals surface area contributed by atoms with Crippen molar-refractivity contribution in [1.29, 1.82) is 0 Å². The average molecular weight is 399 g/mol. The molecule has 3 rings (SSSR count). The van der Waals surface area contributed by atoms with E-state index in [2.05, 4.69) is 5.32 Å². The molecule has 9 nitrogen and oxygen atoms in total. The Morgan fingerprint density at radius 3 is 2.62 bits per heavy atom. The molecule has 2 N–H and O–H groups in total. The van der Waals surface area contributed by atoms with Crippen molar-refractivity contribution in [3.05, 3.63) is 64.2 Å². The predicted octanol–water partition coefficient (Wildman–Crippen LogP) is 3.04. The van der Waals surface area contributed by atoms with Gasteiger partial charge in [0.1, 0.15) is 5.69 Å². The molecule has 0 bridgehead atoms. The number of nitrogens with zero attached hydrogens (tertiary/aromatic N) is 2. The molecule has 1 aliphatic heterocycles. The first-order valence-electron chi connectivity index (χ1n) is 9.05. The Bertz CT molecular complexity index is 918. The molecule has 1 heterocycles. The smallest absolute Gasteiger partial charge is 0.305 e. The largest absolute Gasteiger partial charge is 0.481 e. The van der Waals surface area contributed by atoms with Crippen molar-refractivity contribution in [1.82, 2.24) is 4.90 Å². The van der Waals surface area contributed by atoms with E-state index in [-0.39, 0.29) is 36.0 Å². The molecule has 152 valence electrons. The molecule has 1 aliphatic rings. The number of ether oxygens (including phenoxy) is 1. The summed E-state index contributed by atoms with van der Waals surface area (Å²) in [5.74, 6) is -1.47. The second-order valence-corrected chi connectivity index (χ2v) is 6.78. The number of nitrogens with one attached hydrogen (secondary N) is 1. The van der Waals surface area contributed by atoms with Crippen molar-refractivity contribution in [3.63, 3.8) is 0 Å². The highest BCUT2D eigenvalue weighted by molar-refractivity contribution is 5.96. The minimum Gasteiger partial charge on any atom is -0.481 e. The maximum absolute atomic E-state index is 13.0. The van der Waals surface area contributed by atoms with Gasteiger partial charge < -0.3 is 20.1 Å². The highest BCUT2D eigenvalue weighted by atomic mass is 16.6. The lowest BCUT2D eigenvalue weighted by Crippen LogP contribution is -2.37. The van der Waals surface area contributed by atoms with Crippen LogP contribution >= 0.6 is 0 Å². The van der Waals surface area contributed by atoms with Gasteiger partial charge in [-0.1, -0.05) is 18.2 Å². The van der Waals surface area contributed by atoms with Gasteiger partial charge >= 0.3 is 5.97 Å². The second-order valence-electron chi connectivity index (χ2n) is 6.78. The number of carboxylic acid groups (broad SMARTS) is 1. The first kappa shape index (κ1) is 20.3. The lowest BCUT2D eigenvalue weighted by atomic mass is 10.1. The highest BCUT2D eigenvalue weighted by Gasteiger charge is 2.37. The van der Waals surface area contributed by atoms with E-state index in [1.54, 1.807) is 24.3 Å². The van der Waals surface area contributed by atoms with Crippen LogP contribution in [0.1, 0.15) is 23.2 Å². The predicted molar refractivity (Wildman–Crippen MR) is 105 cm³/mol. The highest BCUT2D eigenvalue weighted by Crippen LogP contribution is 2.31. The van der Waals surface area contributed by atoms with E-state index in [1.807, 2.05) is 6.07 Å². The molecule has 29 heavy (non-hydrogen) atoms.